The van der Waals surface area contributed by atoms with Gasteiger partial charge in [0.05, 0.1) is 38.4 Å². The third-order valence-electron chi connectivity index (χ3n) is 6.10. The molecule has 0 bridgehead atoms. The first-order chi connectivity index (χ1) is 16.5. The van der Waals surface area contributed by atoms with Gasteiger partial charge in [0.2, 0.25) is 0 Å². The van der Waals surface area contributed by atoms with Gasteiger partial charge in [0, 0.05) is 11.1 Å². The summed E-state index contributed by atoms with van der Waals surface area (Å²) in [6.07, 6.45) is 0. The van der Waals surface area contributed by atoms with Crippen molar-refractivity contribution in [3.8, 4) is 5.75 Å². The smallest absolute Gasteiger partial charge is 0.397 e. The first kappa shape index (κ1) is 26.9. The molecule has 2 aromatic carbocycles. The summed E-state index contributed by atoms with van der Waals surface area (Å²) in [5.74, 6) is 0.881. The minimum atomic E-state index is -1.52. The van der Waals surface area contributed by atoms with Crippen LogP contribution in [0.4, 0.5) is 0 Å². The summed E-state index contributed by atoms with van der Waals surface area (Å²) in [7, 11) is -2.89. The predicted octanol–water partition coefficient (Wildman–Crippen LogP) is 7.72. The van der Waals surface area contributed by atoms with Crippen molar-refractivity contribution in [3.05, 3.63) is 64.7 Å². The van der Waals surface area contributed by atoms with Gasteiger partial charge in [-0.25, -0.2) is 0 Å². The molecule has 0 radical (unpaired) electrons. The molecule has 6 nitrogen and oxygen atoms in total. The largest absolute Gasteiger partial charge is 0.426 e. The first-order valence-electron chi connectivity index (χ1n) is 12.1. The quantitative estimate of drug-likeness (QED) is 0.376. The lowest BCUT2D eigenvalue weighted by molar-refractivity contribution is -0.0725. The van der Waals surface area contributed by atoms with E-state index in [9.17, 15) is 0 Å². The van der Waals surface area contributed by atoms with E-state index in [1.54, 1.807) is 0 Å². The number of benzene rings is 2. The fraction of sp³-hybridized carbons (Fsp3) is 0.556. The Morgan fingerprint density at radius 2 is 1.26 bits per heavy atom. The van der Waals surface area contributed by atoms with Gasteiger partial charge >= 0.3 is 17.2 Å². The Labute approximate surface area is 212 Å². The highest BCUT2D eigenvalue weighted by Crippen LogP contribution is 2.55. The minimum Gasteiger partial charge on any atom is -0.426 e. The second-order valence-corrected chi connectivity index (χ2v) is 13.9. The van der Waals surface area contributed by atoms with Crippen LogP contribution in [0.15, 0.2) is 42.5 Å². The Kier molecular flexibility index (Phi) is 8.25. The molecule has 192 valence electrons. The van der Waals surface area contributed by atoms with Crippen molar-refractivity contribution in [1.29, 1.82) is 0 Å². The van der Waals surface area contributed by atoms with Crippen molar-refractivity contribution in [2.75, 3.05) is 26.4 Å². The van der Waals surface area contributed by atoms with E-state index in [1.165, 1.54) is 16.7 Å². The Morgan fingerprint density at radius 3 is 1.74 bits per heavy atom. The molecule has 0 amide bonds. The summed E-state index contributed by atoms with van der Waals surface area (Å²) < 4.78 is 36.4. The maximum Gasteiger partial charge on any atom is 0.397 e. The van der Waals surface area contributed by atoms with E-state index >= 15 is 0 Å². The van der Waals surface area contributed by atoms with Crippen LogP contribution >= 0.6 is 17.2 Å². The Bertz CT molecular complexity index is 946. The summed E-state index contributed by atoms with van der Waals surface area (Å²) in [6, 6.07) is 14.4. The molecule has 0 saturated carbocycles. The lowest BCUT2D eigenvalue weighted by Crippen LogP contribution is -2.45. The molecule has 2 fully saturated rings. The van der Waals surface area contributed by atoms with Crippen LogP contribution in [-0.4, -0.2) is 26.4 Å². The van der Waals surface area contributed by atoms with Gasteiger partial charge in [0.1, 0.15) is 5.75 Å². The van der Waals surface area contributed by atoms with Crippen molar-refractivity contribution in [2.45, 2.75) is 65.9 Å². The monoisotopic (exact) mass is 520 g/mol. The van der Waals surface area contributed by atoms with E-state index in [0.29, 0.717) is 33.0 Å². The second-order valence-electron chi connectivity index (χ2n) is 11.6. The predicted molar refractivity (Wildman–Crippen MR) is 141 cm³/mol. The zero-order chi connectivity index (χ0) is 25.3. The number of hydrogen-bond donors (Lipinski definition) is 0. The van der Waals surface area contributed by atoms with E-state index in [4.69, 9.17) is 27.1 Å². The highest BCUT2D eigenvalue weighted by Gasteiger charge is 2.45. The van der Waals surface area contributed by atoms with E-state index in [2.05, 4.69) is 60.6 Å². The zero-order valence-electron chi connectivity index (χ0n) is 21.9. The highest BCUT2D eigenvalue weighted by molar-refractivity contribution is 7.42. The van der Waals surface area contributed by atoms with Crippen LogP contribution in [0.5, 0.6) is 5.75 Å². The third kappa shape index (κ3) is 6.81. The summed E-state index contributed by atoms with van der Waals surface area (Å²) >= 11 is 0. The van der Waals surface area contributed by atoms with Gasteiger partial charge in [0.25, 0.3) is 0 Å². The molecular formula is C27H38O6P2. The lowest BCUT2D eigenvalue weighted by atomic mass is 9.78. The summed E-state index contributed by atoms with van der Waals surface area (Å²) in [6.45, 7) is 17.7. The summed E-state index contributed by atoms with van der Waals surface area (Å²) in [5.41, 5.74) is 4.17. The van der Waals surface area contributed by atoms with Crippen LogP contribution in [-0.2, 0) is 40.1 Å². The summed E-state index contributed by atoms with van der Waals surface area (Å²) in [5, 5.41) is 0. The lowest BCUT2D eigenvalue weighted by Gasteiger charge is -2.42. The number of aryl methyl sites for hydroxylation is 1. The molecule has 0 atom stereocenters. The van der Waals surface area contributed by atoms with Crippen LogP contribution in [0.1, 0.15) is 63.8 Å². The molecule has 2 aliphatic heterocycles. The van der Waals surface area contributed by atoms with Crippen molar-refractivity contribution < 1.29 is 27.1 Å². The van der Waals surface area contributed by atoms with Gasteiger partial charge in [0.15, 0.2) is 0 Å². The highest BCUT2D eigenvalue weighted by atomic mass is 31.2. The van der Waals surface area contributed by atoms with Crippen LogP contribution < -0.4 is 4.52 Å². The Balaban J connectivity index is 1.37. The molecule has 0 aliphatic carbocycles. The van der Waals surface area contributed by atoms with E-state index < -0.39 is 17.2 Å². The maximum atomic E-state index is 6.49. The molecule has 8 heteroatoms. The second kappa shape index (κ2) is 10.7. The average Bonchev–Trinajstić information content (AvgIpc) is 2.80. The fourth-order valence-corrected chi connectivity index (χ4v) is 6.49. The van der Waals surface area contributed by atoms with Crippen LogP contribution in [0, 0.1) is 12.3 Å². The zero-order valence-corrected chi connectivity index (χ0v) is 23.7. The van der Waals surface area contributed by atoms with Gasteiger partial charge in [-0.1, -0.05) is 89.6 Å². The first-order valence-corrected chi connectivity index (χ1v) is 14.3. The molecular weight excluding hydrogens is 482 g/mol. The van der Waals surface area contributed by atoms with E-state index in [1.807, 2.05) is 30.3 Å². The maximum absolute atomic E-state index is 6.49. The molecule has 0 N–H and O–H groups in total. The number of rotatable bonds is 5. The Morgan fingerprint density at radius 1 is 0.771 bits per heavy atom. The molecule has 2 heterocycles. The van der Waals surface area contributed by atoms with Crippen molar-refractivity contribution >= 4 is 17.2 Å². The third-order valence-corrected chi connectivity index (χ3v) is 8.13. The van der Waals surface area contributed by atoms with Gasteiger partial charge in [-0.15, -0.1) is 0 Å². The normalized spacial score (nSPS) is 25.6. The minimum absolute atomic E-state index is 0.0737. The van der Waals surface area contributed by atoms with Crippen LogP contribution in [0.3, 0.4) is 0 Å². The average molecular weight is 521 g/mol. The van der Waals surface area contributed by atoms with E-state index in [0.717, 1.165) is 11.3 Å². The van der Waals surface area contributed by atoms with E-state index in [-0.39, 0.29) is 16.2 Å². The topological polar surface area (TPSA) is 55.4 Å². The number of hydrogen-bond acceptors (Lipinski definition) is 6. The molecule has 0 unspecified atom stereocenters. The molecule has 1 spiro atoms. The SMILES string of the molecule is Cc1cc(C(C)(C)C)c(OP2OCC3(COP(OCc4ccccc4)OC3)CO2)c(C(C)(C)C)c1. The van der Waals surface area contributed by atoms with Crippen molar-refractivity contribution in [3.63, 3.8) is 0 Å². The molecule has 4 rings (SSSR count). The van der Waals surface area contributed by atoms with Crippen molar-refractivity contribution in [1.82, 2.24) is 0 Å². The molecule has 2 aliphatic rings. The Hall–Kier alpha value is -1.10. The molecule has 2 saturated heterocycles. The van der Waals surface area contributed by atoms with Crippen LogP contribution in [0.25, 0.3) is 0 Å². The fourth-order valence-electron chi connectivity index (χ4n) is 3.97. The molecule has 0 aromatic heterocycles. The van der Waals surface area contributed by atoms with Gasteiger partial charge < -0.3 is 27.1 Å². The summed E-state index contributed by atoms with van der Waals surface area (Å²) in [4.78, 5) is 0. The van der Waals surface area contributed by atoms with Gasteiger partial charge in [-0.2, -0.15) is 0 Å². The van der Waals surface area contributed by atoms with Crippen LogP contribution in [0.2, 0.25) is 0 Å². The van der Waals surface area contributed by atoms with Gasteiger partial charge in [-0.05, 0) is 23.3 Å². The standard InChI is InChI=1S/C27H38O6P2/c1-20-13-22(25(2,3)4)24(23(14-20)26(5,6)7)33-35-31-18-27(19-32-35)16-29-34(30-17-27)28-15-21-11-9-8-10-12-21/h8-14H,15-19H2,1-7H3. The van der Waals surface area contributed by atoms with Gasteiger partial charge in [-0.3, -0.25) is 0 Å². The molecule has 35 heavy (non-hydrogen) atoms. The van der Waals surface area contributed by atoms with Crippen molar-refractivity contribution in [2.24, 2.45) is 5.41 Å². The molecule has 2 aromatic rings.